The van der Waals surface area contributed by atoms with E-state index >= 15 is 0 Å². The highest BCUT2D eigenvalue weighted by atomic mass is 35.5. The Morgan fingerprint density at radius 3 is 2.47 bits per heavy atom. The molecule has 4 N–H and O–H groups in total. The van der Waals surface area contributed by atoms with E-state index in [1.807, 2.05) is 13.8 Å². The van der Waals surface area contributed by atoms with E-state index in [0.29, 0.717) is 22.3 Å². The number of nitrogens with one attached hydrogen (secondary N) is 2. The van der Waals surface area contributed by atoms with Gasteiger partial charge in [0, 0.05) is 11.6 Å². The number of benzene rings is 1. The average molecular weight is 304 g/mol. The average Bonchev–Trinajstić information content (AvgIpc) is 2.40. The summed E-state index contributed by atoms with van der Waals surface area (Å²) >= 11 is 11.9. The summed E-state index contributed by atoms with van der Waals surface area (Å²) in [4.78, 5) is 12.0. The van der Waals surface area contributed by atoms with Crippen molar-refractivity contribution in [3.8, 4) is 0 Å². The molecule has 0 atom stereocenters. The van der Waals surface area contributed by atoms with Crippen LogP contribution in [0.15, 0.2) is 18.2 Å². The lowest BCUT2D eigenvalue weighted by molar-refractivity contribution is 0.233. The van der Waals surface area contributed by atoms with Crippen LogP contribution in [0, 0.1) is 0 Å². The van der Waals surface area contributed by atoms with Crippen LogP contribution in [-0.4, -0.2) is 18.1 Å². The molecule has 19 heavy (non-hydrogen) atoms. The quantitative estimate of drug-likeness (QED) is 0.777. The molecule has 0 saturated carbocycles. The molecule has 0 unspecified atom stereocenters. The summed E-state index contributed by atoms with van der Waals surface area (Å²) in [6, 6.07) is 4.56. The highest BCUT2D eigenvalue weighted by molar-refractivity contribution is 6.35. The maximum Gasteiger partial charge on any atom is 0.319 e. The number of amides is 2. The Bertz CT molecular complexity index is 439. The fourth-order valence-corrected chi connectivity index (χ4v) is 2.09. The van der Waals surface area contributed by atoms with Gasteiger partial charge < -0.3 is 16.4 Å². The second-order valence-electron chi connectivity index (χ2n) is 4.39. The summed E-state index contributed by atoms with van der Waals surface area (Å²) in [5.74, 6) is 0. The zero-order chi connectivity index (χ0) is 14.5. The molecule has 0 aliphatic carbocycles. The Kier molecular flexibility index (Phi) is 5.91. The van der Waals surface area contributed by atoms with Gasteiger partial charge in [-0.1, -0.05) is 37.0 Å². The monoisotopic (exact) mass is 303 g/mol. The molecule has 0 heterocycles. The topological polar surface area (TPSA) is 67.1 Å². The molecule has 4 nitrogen and oxygen atoms in total. The SMILES string of the molecule is CCC(CC)(CN)NC(=O)Nc1cc(Cl)ccc1Cl. The molecule has 0 fully saturated rings. The van der Waals surface area contributed by atoms with Crippen molar-refractivity contribution in [2.24, 2.45) is 5.73 Å². The van der Waals surface area contributed by atoms with Crippen LogP contribution in [0.4, 0.5) is 10.5 Å². The largest absolute Gasteiger partial charge is 0.331 e. The van der Waals surface area contributed by atoms with Gasteiger partial charge in [-0.05, 0) is 31.0 Å². The number of nitrogens with two attached hydrogens (primary N) is 1. The van der Waals surface area contributed by atoms with Crippen LogP contribution >= 0.6 is 23.2 Å². The van der Waals surface area contributed by atoms with Gasteiger partial charge in [0.2, 0.25) is 0 Å². The fourth-order valence-electron chi connectivity index (χ4n) is 1.75. The van der Waals surface area contributed by atoms with Crippen molar-refractivity contribution in [3.63, 3.8) is 0 Å². The summed E-state index contributed by atoms with van der Waals surface area (Å²) in [6.07, 6.45) is 1.52. The first-order valence-electron chi connectivity index (χ1n) is 6.20. The third-order valence-corrected chi connectivity index (χ3v) is 3.86. The fraction of sp³-hybridized carbons (Fsp3) is 0.462. The maximum atomic E-state index is 12.0. The van der Waals surface area contributed by atoms with Gasteiger partial charge in [-0.3, -0.25) is 0 Å². The van der Waals surface area contributed by atoms with E-state index in [1.54, 1.807) is 18.2 Å². The van der Waals surface area contributed by atoms with Crippen molar-refractivity contribution < 1.29 is 4.79 Å². The molecule has 2 amide bonds. The number of rotatable bonds is 5. The lowest BCUT2D eigenvalue weighted by Crippen LogP contribution is -2.54. The van der Waals surface area contributed by atoms with E-state index in [1.165, 1.54) is 0 Å². The van der Waals surface area contributed by atoms with Crippen LogP contribution in [0.3, 0.4) is 0 Å². The lowest BCUT2D eigenvalue weighted by Gasteiger charge is -2.31. The second kappa shape index (κ2) is 6.98. The molecule has 1 aromatic carbocycles. The first kappa shape index (κ1) is 16.1. The van der Waals surface area contributed by atoms with Crippen molar-refractivity contribution in [3.05, 3.63) is 28.2 Å². The molecular weight excluding hydrogens is 285 g/mol. The zero-order valence-electron chi connectivity index (χ0n) is 11.1. The molecule has 1 aromatic rings. The van der Waals surface area contributed by atoms with Gasteiger partial charge >= 0.3 is 6.03 Å². The smallest absolute Gasteiger partial charge is 0.319 e. The van der Waals surface area contributed by atoms with Gasteiger partial charge in [0.25, 0.3) is 0 Å². The number of hydrogen-bond acceptors (Lipinski definition) is 2. The number of carbonyl (C=O) groups excluding carboxylic acids is 1. The molecular formula is C13H19Cl2N3O. The van der Waals surface area contributed by atoms with Crippen molar-refractivity contribution in [1.82, 2.24) is 5.32 Å². The van der Waals surface area contributed by atoms with Crippen LogP contribution in [-0.2, 0) is 0 Å². The minimum Gasteiger partial charge on any atom is -0.331 e. The molecule has 0 aliphatic rings. The highest BCUT2D eigenvalue weighted by Crippen LogP contribution is 2.25. The van der Waals surface area contributed by atoms with Crippen LogP contribution in [0.5, 0.6) is 0 Å². The van der Waals surface area contributed by atoms with Crippen molar-refractivity contribution in [2.45, 2.75) is 32.2 Å². The Morgan fingerprint density at radius 2 is 1.95 bits per heavy atom. The normalized spacial score (nSPS) is 11.2. The minimum atomic E-state index is -0.394. The number of carbonyl (C=O) groups is 1. The molecule has 0 aromatic heterocycles. The Hall–Kier alpha value is -0.970. The third-order valence-electron chi connectivity index (χ3n) is 3.30. The highest BCUT2D eigenvalue weighted by Gasteiger charge is 2.26. The third kappa shape index (κ3) is 4.27. The van der Waals surface area contributed by atoms with Crippen molar-refractivity contribution in [1.29, 1.82) is 0 Å². The Balaban J connectivity index is 2.77. The zero-order valence-corrected chi connectivity index (χ0v) is 12.6. The van der Waals surface area contributed by atoms with Gasteiger partial charge in [-0.15, -0.1) is 0 Å². The molecule has 0 radical (unpaired) electrons. The summed E-state index contributed by atoms with van der Waals surface area (Å²) in [5, 5.41) is 6.53. The van der Waals surface area contributed by atoms with Crippen LogP contribution in [0.2, 0.25) is 10.0 Å². The Morgan fingerprint density at radius 1 is 1.32 bits per heavy atom. The molecule has 106 valence electrons. The number of urea groups is 1. The summed E-state index contributed by atoms with van der Waals surface area (Å²) < 4.78 is 0. The van der Waals surface area contributed by atoms with Gasteiger partial charge in [0.1, 0.15) is 0 Å². The van der Waals surface area contributed by atoms with Gasteiger partial charge in [0.05, 0.1) is 16.2 Å². The van der Waals surface area contributed by atoms with Gasteiger partial charge in [-0.25, -0.2) is 4.79 Å². The minimum absolute atomic E-state index is 0.335. The van der Waals surface area contributed by atoms with E-state index in [4.69, 9.17) is 28.9 Å². The van der Waals surface area contributed by atoms with E-state index in [0.717, 1.165) is 12.8 Å². The first-order chi connectivity index (χ1) is 8.96. The van der Waals surface area contributed by atoms with E-state index < -0.39 is 5.54 Å². The van der Waals surface area contributed by atoms with Gasteiger partial charge in [0.15, 0.2) is 0 Å². The predicted octanol–water partition coefficient (Wildman–Crippen LogP) is 3.63. The van der Waals surface area contributed by atoms with Crippen LogP contribution < -0.4 is 16.4 Å². The standard InChI is InChI=1S/C13H19Cl2N3O/c1-3-13(4-2,8-16)18-12(19)17-11-7-9(14)5-6-10(11)15/h5-7H,3-4,8,16H2,1-2H3,(H2,17,18,19). The molecule has 0 saturated heterocycles. The van der Waals surface area contributed by atoms with Gasteiger partial charge in [-0.2, -0.15) is 0 Å². The van der Waals surface area contributed by atoms with E-state index in [2.05, 4.69) is 10.6 Å². The first-order valence-corrected chi connectivity index (χ1v) is 6.96. The van der Waals surface area contributed by atoms with Crippen molar-refractivity contribution in [2.75, 3.05) is 11.9 Å². The maximum absolute atomic E-state index is 12.0. The number of hydrogen-bond donors (Lipinski definition) is 3. The Labute approximate surface area is 123 Å². The molecule has 0 bridgehead atoms. The van der Waals surface area contributed by atoms with E-state index in [-0.39, 0.29) is 6.03 Å². The molecule has 1 rings (SSSR count). The molecule has 6 heteroatoms. The molecule has 0 spiro atoms. The summed E-state index contributed by atoms with van der Waals surface area (Å²) in [6.45, 7) is 4.36. The van der Waals surface area contributed by atoms with Crippen LogP contribution in [0.25, 0.3) is 0 Å². The number of anilines is 1. The second-order valence-corrected chi connectivity index (χ2v) is 5.24. The summed E-state index contributed by atoms with van der Waals surface area (Å²) in [5.41, 5.74) is 5.82. The summed E-state index contributed by atoms with van der Waals surface area (Å²) in [7, 11) is 0. The van der Waals surface area contributed by atoms with E-state index in [9.17, 15) is 4.79 Å². The predicted molar refractivity (Wildman–Crippen MR) is 81.0 cm³/mol. The molecule has 0 aliphatic heterocycles. The van der Waals surface area contributed by atoms with Crippen LogP contribution in [0.1, 0.15) is 26.7 Å². The lowest BCUT2D eigenvalue weighted by atomic mass is 9.93. The van der Waals surface area contributed by atoms with Crippen molar-refractivity contribution >= 4 is 34.9 Å². The number of halogens is 2.